The third-order valence-corrected chi connectivity index (χ3v) is 2.88. The van der Waals surface area contributed by atoms with Crippen molar-refractivity contribution >= 4 is 18.0 Å². The molecule has 7 heteroatoms. The van der Waals surface area contributed by atoms with E-state index in [9.17, 15) is 14.4 Å². The number of urea groups is 1. The number of methoxy groups -OCH3 is 1. The van der Waals surface area contributed by atoms with Crippen molar-refractivity contribution in [2.75, 3.05) is 7.11 Å². The van der Waals surface area contributed by atoms with E-state index in [1.807, 2.05) is 13.8 Å². The van der Waals surface area contributed by atoms with Crippen LogP contribution < -0.4 is 10.6 Å². The van der Waals surface area contributed by atoms with E-state index in [1.165, 1.54) is 14.0 Å². The molecule has 0 fully saturated rings. The smallest absolute Gasteiger partial charge is 0.346 e. The summed E-state index contributed by atoms with van der Waals surface area (Å²) < 4.78 is 9.46. The topological polar surface area (TPSA) is 93.7 Å². The first-order valence-corrected chi connectivity index (χ1v) is 7.25. The summed E-state index contributed by atoms with van der Waals surface area (Å²) in [5, 5.41) is 5.42. The van der Waals surface area contributed by atoms with Crippen molar-refractivity contribution in [2.45, 2.75) is 39.5 Å². The molecule has 23 heavy (non-hydrogen) atoms. The molecule has 0 aliphatic heterocycles. The van der Waals surface area contributed by atoms with Crippen LogP contribution in [0, 0.1) is 0 Å². The van der Waals surface area contributed by atoms with E-state index < -0.39 is 18.0 Å². The standard InChI is InChI=1S/C16H22N2O5/c1-10(2)18-16(21)17-9-12-5-7-13(8-6-12)15(20)23-11(3)14(19)22-4/h5-8,10-11H,9H2,1-4H3,(H2,17,18,21)/t11-/m1/s1. The number of amides is 2. The average Bonchev–Trinajstić information content (AvgIpc) is 2.51. The van der Waals surface area contributed by atoms with Crippen LogP contribution in [-0.2, 0) is 20.8 Å². The van der Waals surface area contributed by atoms with Gasteiger partial charge in [-0.1, -0.05) is 12.1 Å². The van der Waals surface area contributed by atoms with Crippen molar-refractivity contribution in [2.24, 2.45) is 0 Å². The maximum absolute atomic E-state index is 11.9. The van der Waals surface area contributed by atoms with Crippen molar-refractivity contribution in [1.82, 2.24) is 10.6 Å². The van der Waals surface area contributed by atoms with Gasteiger partial charge < -0.3 is 20.1 Å². The Morgan fingerprint density at radius 2 is 1.70 bits per heavy atom. The molecule has 1 rings (SSSR count). The van der Waals surface area contributed by atoms with Gasteiger partial charge in [-0.2, -0.15) is 0 Å². The Balaban J connectivity index is 2.54. The van der Waals surface area contributed by atoms with Crippen molar-refractivity contribution in [3.8, 4) is 0 Å². The molecule has 2 amide bonds. The maximum Gasteiger partial charge on any atom is 0.346 e. The van der Waals surface area contributed by atoms with Crippen molar-refractivity contribution < 1.29 is 23.9 Å². The fourth-order valence-electron chi connectivity index (χ4n) is 1.70. The average molecular weight is 322 g/mol. The molecule has 0 radical (unpaired) electrons. The predicted octanol–water partition coefficient (Wildman–Crippen LogP) is 1.61. The minimum Gasteiger partial charge on any atom is -0.466 e. The number of carbonyl (C=O) groups excluding carboxylic acids is 3. The van der Waals surface area contributed by atoms with Gasteiger partial charge in [-0.25, -0.2) is 14.4 Å². The molecular weight excluding hydrogens is 300 g/mol. The SMILES string of the molecule is COC(=O)[C@@H](C)OC(=O)c1ccc(CNC(=O)NC(C)C)cc1. The lowest BCUT2D eigenvalue weighted by atomic mass is 10.1. The van der Waals surface area contributed by atoms with Gasteiger partial charge in [0.25, 0.3) is 0 Å². The lowest BCUT2D eigenvalue weighted by molar-refractivity contribution is -0.149. The summed E-state index contributed by atoms with van der Waals surface area (Å²) in [4.78, 5) is 34.6. The van der Waals surface area contributed by atoms with Crippen LogP contribution in [0.1, 0.15) is 36.7 Å². The molecule has 0 aliphatic rings. The van der Waals surface area contributed by atoms with E-state index in [0.29, 0.717) is 12.1 Å². The zero-order chi connectivity index (χ0) is 17.4. The number of esters is 2. The van der Waals surface area contributed by atoms with Gasteiger partial charge in [-0.3, -0.25) is 0 Å². The monoisotopic (exact) mass is 322 g/mol. The van der Waals surface area contributed by atoms with Gasteiger partial charge in [0.2, 0.25) is 0 Å². The highest BCUT2D eigenvalue weighted by molar-refractivity contribution is 5.91. The van der Waals surface area contributed by atoms with E-state index in [2.05, 4.69) is 15.4 Å². The lowest BCUT2D eigenvalue weighted by Gasteiger charge is -2.12. The van der Waals surface area contributed by atoms with E-state index in [4.69, 9.17) is 4.74 Å². The minimum absolute atomic E-state index is 0.0592. The maximum atomic E-state index is 11.9. The van der Waals surface area contributed by atoms with E-state index in [0.717, 1.165) is 5.56 Å². The van der Waals surface area contributed by atoms with Gasteiger partial charge in [-0.15, -0.1) is 0 Å². The van der Waals surface area contributed by atoms with Crippen LogP contribution in [0.4, 0.5) is 4.79 Å². The summed E-state index contributed by atoms with van der Waals surface area (Å²) in [5.74, 6) is -1.23. The summed E-state index contributed by atoms with van der Waals surface area (Å²) >= 11 is 0. The van der Waals surface area contributed by atoms with Crippen LogP contribution in [0.3, 0.4) is 0 Å². The fourth-order valence-corrected chi connectivity index (χ4v) is 1.70. The molecule has 0 aromatic heterocycles. The third-order valence-electron chi connectivity index (χ3n) is 2.88. The first-order chi connectivity index (χ1) is 10.8. The zero-order valence-electron chi connectivity index (χ0n) is 13.7. The number of ether oxygens (including phenoxy) is 2. The second-order valence-electron chi connectivity index (χ2n) is 5.25. The van der Waals surface area contributed by atoms with Gasteiger partial charge in [0.1, 0.15) is 0 Å². The minimum atomic E-state index is -0.964. The number of nitrogens with one attached hydrogen (secondary N) is 2. The fraction of sp³-hybridized carbons (Fsp3) is 0.438. The molecule has 0 bridgehead atoms. The molecule has 0 spiro atoms. The Kier molecular flexibility index (Phi) is 7.05. The molecule has 1 atom stereocenters. The van der Waals surface area contributed by atoms with Crippen molar-refractivity contribution in [1.29, 1.82) is 0 Å². The first-order valence-electron chi connectivity index (χ1n) is 7.25. The molecule has 0 saturated heterocycles. The van der Waals surface area contributed by atoms with Gasteiger partial charge in [-0.05, 0) is 38.5 Å². The van der Waals surface area contributed by atoms with E-state index in [-0.39, 0.29) is 12.1 Å². The van der Waals surface area contributed by atoms with Gasteiger partial charge in [0.15, 0.2) is 6.10 Å². The van der Waals surface area contributed by atoms with E-state index >= 15 is 0 Å². The number of carbonyl (C=O) groups is 3. The van der Waals surface area contributed by atoms with Gasteiger partial charge in [0, 0.05) is 12.6 Å². The third kappa shape index (κ3) is 6.37. The normalized spacial score (nSPS) is 11.5. The number of rotatable bonds is 6. The van der Waals surface area contributed by atoms with Crippen LogP contribution in [-0.4, -0.2) is 37.2 Å². The Morgan fingerprint density at radius 3 is 2.22 bits per heavy atom. The molecular formula is C16H22N2O5. The summed E-state index contributed by atoms with van der Waals surface area (Å²) in [6.07, 6.45) is -0.964. The quantitative estimate of drug-likeness (QED) is 0.776. The summed E-state index contributed by atoms with van der Waals surface area (Å²) in [7, 11) is 1.23. The Hall–Kier alpha value is -2.57. The second kappa shape index (κ2) is 8.77. The number of benzene rings is 1. The summed E-state index contributed by atoms with van der Waals surface area (Å²) in [6.45, 7) is 5.52. The highest BCUT2D eigenvalue weighted by Crippen LogP contribution is 2.08. The molecule has 0 heterocycles. The zero-order valence-corrected chi connectivity index (χ0v) is 13.7. The largest absolute Gasteiger partial charge is 0.466 e. The van der Waals surface area contributed by atoms with Crippen molar-refractivity contribution in [3.63, 3.8) is 0 Å². The van der Waals surface area contributed by atoms with Crippen LogP contribution in [0.25, 0.3) is 0 Å². The number of hydrogen-bond donors (Lipinski definition) is 2. The summed E-state index contributed by atoms with van der Waals surface area (Å²) in [5.41, 5.74) is 1.15. The Bertz CT molecular complexity index is 554. The second-order valence-corrected chi connectivity index (χ2v) is 5.25. The highest BCUT2D eigenvalue weighted by Gasteiger charge is 2.19. The Morgan fingerprint density at radius 1 is 1.09 bits per heavy atom. The van der Waals surface area contributed by atoms with Crippen LogP contribution in [0.15, 0.2) is 24.3 Å². The highest BCUT2D eigenvalue weighted by atomic mass is 16.6. The molecule has 0 saturated carbocycles. The molecule has 1 aromatic rings. The predicted molar refractivity (Wildman–Crippen MR) is 83.8 cm³/mol. The number of hydrogen-bond acceptors (Lipinski definition) is 5. The van der Waals surface area contributed by atoms with Crippen LogP contribution in [0.5, 0.6) is 0 Å². The molecule has 7 nitrogen and oxygen atoms in total. The van der Waals surface area contributed by atoms with Gasteiger partial charge >= 0.3 is 18.0 Å². The molecule has 2 N–H and O–H groups in total. The van der Waals surface area contributed by atoms with Crippen LogP contribution in [0.2, 0.25) is 0 Å². The lowest BCUT2D eigenvalue weighted by Crippen LogP contribution is -2.39. The van der Waals surface area contributed by atoms with E-state index in [1.54, 1.807) is 24.3 Å². The van der Waals surface area contributed by atoms with Crippen LogP contribution >= 0.6 is 0 Å². The summed E-state index contributed by atoms with van der Waals surface area (Å²) in [6, 6.07) is 6.36. The van der Waals surface area contributed by atoms with Gasteiger partial charge in [0.05, 0.1) is 12.7 Å². The molecule has 0 aliphatic carbocycles. The molecule has 126 valence electrons. The molecule has 0 unspecified atom stereocenters. The first kappa shape index (κ1) is 18.5. The molecule has 1 aromatic carbocycles. The Labute approximate surface area is 135 Å². The van der Waals surface area contributed by atoms with Crippen molar-refractivity contribution in [3.05, 3.63) is 35.4 Å².